The third-order valence-corrected chi connectivity index (χ3v) is 4.20. The first kappa shape index (κ1) is 19.8. The lowest BCUT2D eigenvalue weighted by molar-refractivity contribution is -0.138. The van der Waals surface area contributed by atoms with E-state index in [0.717, 1.165) is 29.8 Å². The minimum atomic E-state index is -4.46. The Hall–Kier alpha value is -2.96. The Labute approximate surface area is 157 Å². The van der Waals surface area contributed by atoms with E-state index in [-0.39, 0.29) is 6.54 Å². The Kier molecular flexibility index (Phi) is 5.36. The van der Waals surface area contributed by atoms with E-state index in [4.69, 9.17) is 0 Å². The molecule has 0 heterocycles. The van der Waals surface area contributed by atoms with E-state index in [2.05, 4.69) is 0 Å². The van der Waals surface area contributed by atoms with Crippen molar-refractivity contribution in [2.24, 2.45) is 0 Å². The molecule has 146 valence electrons. The van der Waals surface area contributed by atoms with Crippen molar-refractivity contribution in [3.05, 3.63) is 95.6 Å². The van der Waals surface area contributed by atoms with E-state index >= 15 is 0 Å². The van der Waals surface area contributed by atoms with E-state index in [1.54, 1.807) is 4.90 Å². The first-order valence-corrected chi connectivity index (χ1v) is 8.30. The Morgan fingerprint density at radius 3 is 1.29 bits per heavy atom. The Balaban J connectivity index is 1.98. The summed E-state index contributed by atoms with van der Waals surface area (Å²) in [4.78, 5) is 1.66. The molecule has 0 bridgehead atoms. The second-order valence-electron chi connectivity index (χ2n) is 6.16. The van der Waals surface area contributed by atoms with Crippen molar-refractivity contribution < 1.29 is 26.3 Å². The minimum absolute atomic E-state index is 0.289. The summed E-state index contributed by atoms with van der Waals surface area (Å²) in [6.07, 6.45) is -8.92. The van der Waals surface area contributed by atoms with Gasteiger partial charge in [-0.3, -0.25) is 0 Å². The molecule has 0 spiro atoms. The molecule has 28 heavy (non-hydrogen) atoms. The average Bonchev–Trinajstić information content (AvgIpc) is 2.66. The number of halogens is 6. The molecule has 7 heteroatoms. The Bertz CT molecular complexity index is 839. The summed E-state index contributed by atoms with van der Waals surface area (Å²) < 4.78 is 77.0. The van der Waals surface area contributed by atoms with Gasteiger partial charge in [-0.2, -0.15) is 26.3 Å². The fourth-order valence-electron chi connectivity index (χ4n) is 2.76. The van der Waals surface area contributed by atoms with Gasteiger partial charge in [-0.1, -0.05) is 30.3 Å². The normalized spacial score (nSPS) is 12.1. The van der Waals surface area contributed by atoms with Crippen molar-refractivity contribution in [1.82, 2.24) is 0 Å². The molecule has 1 nitrogen and oxygen atoms in total. The molecule has 0 aromatic heterocycles. The first-order chi connectivity index (χ1) is 13.1. The highest BCUT2D eigenvalue weighted by atomic mass is 19.4. The van der Waals surface area contributed by atoms with Gasteiger partial charge in [0.1, 0.15) is 0 Å². The summed E-state index contributed by atoms with van der Waals surface area (Å²) in [6.45, 7) is 0.289. The number of benzene rings is 3. The molecule has 0 unspecified atom stereocenters. The monoisotopic (exact) mass is 395 g/mol. The summed E-state index contributed by atoms with van der Waals surface area (Å²) in [5.74, 6) is 0. The van der Waals surface area contributed by atoms with Crippen LogP contribution in [0.15, 0.2) is 78.9 Å². The summed E-state index contributed by atoms with van der Waals surface area (Å²) >= 11 is 0. The summed E-state index contributed by atoms with van der Waals surface area (Å²) in [7, 11) is 0. The van der Waals surface area contributed by atoms with Crippen molar-refractivity contribution in [3.63, 3.8) is 0 Å². The van der Waals surface area contributed by atoms with Gasteiger partial charge < -0.3 is 4.90 Å². The lowest BCUT2D eigenvalue weighted by Gasteiger charge is -2.26. The number of hydrogen-bond acceptors (Lipinski definition) is 1. The van der Waals surface area contributed by atoms with E-state index in [0.29, 0.717) is 11.4 Å². The Morgan fingerprint density at radius 2 is 0.929 bits per heavy atom. The SMILES string of the molecule is FC(F)(F)c1ccc(N(Cc2ccccc2)c2ccc(C(F)(F)F)cc2)cc1. The highest BCUT2D eigenvalue weighted by molar-refractivity contribution is 5.64. The fourth-order valence-corrected chi connectivity index (χ4v) is 2.76. The largest absolute Gasteiger partial charge is 0.416 e. The molecule has 3 aromatic carbocycles. The number of alkyl halides is 6. The molecule has 0 atom stereocenters. The van der Waals surface area contributed by atoms with Crippen LogP contribution in [0, 0.1) is 0 Å². The maximum absolute atomic E-state index is 12.8. The van der Waals surface area contributed by atoms with Crippen LogP contribution in [-0.4, -0.2) is 0 Å². The molecule has 0 fully saturated rings. The van der Waals surface area contributed by atoms with Crippen molar-refractivity contribution in [2.45, 2.75) is 18.9 Å². The average molecular weight is 395 g/mol. The maximum Gasteiger partial charge on any atom is 0.416 e. The van der Waals surface area contributed by atoms with Gasteiger partial charge in [0.25, 0.3) is 0 Å². The molecule has 0 saturated carbocycles. The third kappa shape index (κ3) is 4.65. The molecule has 0 amide bonds. The van der Waals surface area contributed by atoms with Crippen LogP contribution in [0.1, 0.15) is 16.7 Å². The molecule has 3 rings (SSSR count). The van der Waals surface area contributed by atoms with Gasteiger partial charge in [0.2, 0.25) is 0 Å². The summed E-state index contributed by atoms with van der Waals surface area (Å²) in [5.41, 5.74) is 0.169. The van der Waals surface area contributed by atoms with Crippen LogP contribution in [0.5, 0.6) is 0 Å². The quantitative estimate of drug-likeness (QED) is 0.427. The number of anilines is 2. The van der Waals surface area contributed by atoms with E-state index in [9.17, 15) is 26.3 Å². The topological polar surface area (TPSA) is 3.24 Å². The van der Waals surface area contributed by atoms with Crippen molar-refractivity contribution >= 4 is 11.4 Å². The van der Waals surface area contributed by atoms with Crippen molar-refractivity contribution in [2.75, 3.05) is 4.90 Å². The third-order valence-electron chi connectivity index (χ3n) is 4.20. The van der Waals surface area contributed by atoms with Gasteiger partial charge >= 0.3 is 12.4 Å². The fraction of sp³-hybridized carbons (Fsp3) is 0.143. The second-order valence-corrected chi connectivity index (χ2v) is 6.16. The van der Waals surface area contributed by atoms with Crippen LogP contribution >= 0.6 is 0 Å². The van der Waals surface area contributed by atoms with Gasteiger partial charge in [0.15, 0.2) is 0 Å². The van der Waals surface area contributed by atoms with Crippen LogP contribution in [0.4, 0.5) is 37.7 Å². The predicted octanol–water partition coefficient (Wildman–Crippen LogP) is 7.06. The highest BCUT2D eigenvalue weighted by Crippen LogP contribution is 2.35. The number of hydrogen-bond donors (Lipinski definition) is 0. The molecule has 0 radical (unpaired) electrons. The van der Waals surface area contributed by atoms with E-state index < -0.39 is 23.5 Å². The van der Waals surface area contributed by atoms with E-state index in [1.807, 2.05) is 30.3 Å². The van der Waals surface area contributed by atoms with Crippen LogP contribution in [0.2, 0.25) is 0 Å². The standard InChI is InChI=1S/C21H15F6N/c22-20(23,24)16-6-10-18(11-7-16)28(14-15-4-2-1-3-5-15)19-12-8-17(9-13-19)21(25,26)27/h1-13H,14H2. The van der Waals surface area contributed by atoms with Crippen LogP contribution < -0.4 is 4.90 Å². The van der Waals surface area contributed by atoms with Crippen LogP contribution in [-0.2, 0) is 18.9 Å². The van der Waals surface area contributed by atoms with Crippen molar-refractivity contribution in [1.29, 1.82) is 0 Å². The number of rotatable bonds is 4. The molecular weight excluding hydrogens is 380 g/mol. The van der Waals surface area contributed by atoms with Crippen molar-refractivity contribution in [3.8, 4) is 0 Å². The minimum Gasteiger partial charge on any atom is -0.337 e. The van der Waals surface area contributed by atoms with Crippen LogP contribution in [0.3, 0.4) is 0 Å². The van der Waals surface area contributed by atoms with Gasteiger partial charge in [-0.25, -0.2) is 0 Å². The highest BCUT2D eigenvalue weighted by Gasteiger charge is 2.31. The second kappa shape index (κ2) is 7.58. The molecule has 3 aromatic rings. The molecule has 0 aliphatic carbocycles. The van der Waals surface area contributed by atoms with Crippen LogP contribution in [0.25, 0.3) is 0 Å². The molecule has 0 saturated heterocycles. The smallest absolute Gasteiger partial charge is 0.337 e. The zero-order valence-electron chi connectivity index (χ0n) is 14.4. The Morgan fingerprint density at radius 1 is 0.536 bits per heavy atom. The zero-order chi connectivity index (χ0) is 20.4. The molecule has 0 aliphatic rings. The lowest BCUT2D eigenvalue weighted by Crippen LogP contribution is -2.17. The molecule has 0 N–H and O–H groups in total. The lowest BCUT2D eigenvalue weighted by atomic mass is 10.1. The summed E-state index contributed by atoms with van der Waals surface area (Å²) in [6, 6.07) is 18.2. The van der Waals surface area contributed by atoms with E-state index in [1.165, 1.54) is 24.3 Å². The van der Waals surface area contributed by atoms with Gasteiger partial charge in [-0.15, -0.1) is 0 Å². The predicted molar refractivity (Wildman–Crippen MR) is 95.2 cm³/mol. The maximum atomic E-state index is 12.8. The van der Waals surface area contributed by atoms with Gasteiger partial charge in [0, 0.05) is 17.9 Å². The first-order valence-electron chi connectivity index (χ1n) is 8.30. The zero-order valence-corrected chi connectivity index (χ0v) is 14.4. The van der Waals surface area contributed by atoms with Gasteiger partial charge in [-0.05, 0) is 54.1 Å². The number of nitrogens with zero attached hydrogens (tertiary/aromatic N) is 1. The van der Waals surface area contributed by atoms with Gasteiger partial charge in [0.05, 0.1) is 11.1 Å². The summed E-state index contributed by atoms with van der Waals surface area (Å²) in [5, 5.41) is 0. The molecular formula is C21H15F6N. The molecule has 0 aliphatic heterocycles.